The first kappa shape index (κ1) is 13.7. The van der Waals surface area contributed by atoms with E-state index in [-0.39, 0.29) is 11.4 Å². The highest BCUT2D eigenvalue weighted by molar-refractivity contribution is 6.11. The van der Waals surface area contributed by atoms with E-state index in [9.17, 15) is 14.0 Å². The van der Waals surface area contributed by atoms with Crippen LogP contribution in [0, 0.1) is 5.82 Å². The van der Waals surface area contributed by atoms with E-state index in [0.29, 0.717) is 10.9 Å². The van der Waals surface area contributed by atoms with Crippen LogP contribution in [0.15, 0.2) is 42.5 Å². The number of anilines is 1. The summed E-state index contributed by atoms with van der Waals surface area (Å²) in [5.41, 5.74) is 0.584. The molecule has 0 aliphatic heterocycles. The maximum Gasteiger partial charge on any atom is 0.338 e. The minimum atomic E-state index is -1.37. The third-order valence-corrected chi connectivity index (χ3v) is 3.14. The number of nitrogens with one attached hydrogen (secondary N) is 2. The second kappa shape index (κ2) is 5.28. The van der Waals surface area contributed by atoms with Gasteiger partial charge >= 0.3 is 5.97 Å². The van der Waals surface area contributed by atoms with Crippen LogP contribution in [0.2, 0.25) is 0 Å². The number of carboxylic acids is 1. The van der Waals surface area contributed by atoms with Crippen LogP contribution in [0.5, 0.6) is 0 Å². The fraction of sp³-hybridized carbons (Fsp3) is 0. The number of benzene rings is 2. The first-order valence-corrected chi connectivity index (χ1v) is 6.33. The molecule has 0 fully saturated rings. The standard InChI is InChI=1S/C15H10FN3O3/c16-11-7-8(5-6-9(11)15(21)22)17-14(20)13-10-3-1-2-4-12(10)18-19-13/h1-7H,(H,17,20)(H,18,19)(H,21,22). The largest absolute Gasteiger partial charge is 0.478 e. The molecule has 0 unspecified atom stereocenters. The van der Waals surface area contributed by atoms with E-state index in [0.717, 1.165) is 12.1 Å². The molecule has 6 nitrogen and oxygen atoms in total. The van der Waals surface area contributed by atoms with Gasteiger partial charge in [0.2, 0.25) is 0 Å². The van der Waals surface area contributed by atoms with Crippen LogP contribution in [-0.2, 0) is 0 Å². The summed E-state index contributed by atoms with van der Waals surface area (Å²) in [7, 11) is 0. The quantitative estimate of drug-likeness (QED) is 0.693. The summed E-state index contributed by atoms with van der Waals surface area (Å²) < 4.78 is 13.6. The number of halogens is 1. The van der Waals surface area contributed by atoms with Gasteiger partial charge in [-0.3, -0.25) is 9.89 Å². The summed E-state index contributed by atoms with van der Waals surface area (Å²) in [6.07, 6.45) is 0. The maximum absolute atomic E-state index is 13.6. The van der Waals surface area contributed by atoms with Gasteiger partial charge in [-0.25, -0.2) is 9.18 Å². The van der Waals surface area contributed by atoms with Crippen LogP contribution in [0.3, 0.4) is 0 Å². The van der Waals surface area contributed by atoms with Crippen molar-refractivity contribution in [2.45, 2.75) is 0 Å². The van der Waals surface area contributed by atoms with E-state index in [2.05, 4.69) is 15.5 Å². The molecule has 0 spiro atoms. The number of aromatic amines is 1. The SMILES string of the molecule is O=C(O)c1ccc(NC(=O)c2n[nH]c3ccccc23)cc1F. The van der Waals surface area contributed by atoms with Crippen molar-refractivity contribution in [3.63, 3.8) is 0 Å². The second-order valence-corrected chi connectivity index (χ2v) is 4.57. The predicted molar refractivity (Wildman–Crippen MR) is 77.4 cm³/mol. The zero-order chi connectivity index (χ0) is 15.7. The predicted octanol–water partition coefficient (Wildman–Crippen LogP) is 2.65. The third-order valence-electron chi connectivity index (χ3n) is 3.14. The number of amides is 1. The van der Waals surface area contributed by atoms with Crippen molar-refractivity contribution in [3.05, 3.63) is 59.5 Å². The molecule has 7 heteroatoms. The molecule has 0 saturated carbocycles. The molecular formula is C15H10FN3O3. The van der Waals surface area contributed by atoms with Crippen LogP contribution >= 0.6 is 0 Å². The molecular weight excluding hydrogens is 289 g/mol. The number of hydrogen-bond acceptors (Lipinski definition) is 3. The second-order valence-electron chi connectivity index (χ2n) is 4.57. The molecule has 1 aromatic heterocycles. The molecule has 1 heterocycles. The van der Waals surface area contributed by atoms with Crippen molar-refractivity contribution in [3.8, 4) is 0 Å². The molecule has 1 amide bonds. The van der Waals surface area contributed by atoms with Crippen LogP contribution < -0.4 is 5.32 Å². The number of nitrogens with zero attached hydrogens (tertiary/aromatic N) is 1. The summed E-state index contributed by atoms with van der Waals surface area (Å²) in [6, 6.07) is 10.5. The monoisotopic (exact) mass is 299 g/mol. The Labute approximate surface area is 123 Å². The highest BCUT2D eigenvalue weighted by Crippen LogP contribution is 2.18. The zero-order valence-electron chi connectivity index (χ0n) is 11.1. The molecule has 3 aromatic rings. The summed E-state index contributed by atoms with van der Waals surface area (Å²) in [5.74, 6) is -2.80. The number of rotatable bonds is 3. The van der Waals surface area contributed by atoms with Crippen LogP contribution in [-0.4, -0.2) is 27.2 Å². The Hall–Kier alpha value is -3.22. The Bertz CT molecular complexity index is 889. The smallest absolute Gasteiger partial charge is 0.338 e. The van der Waals surface area contributed by atoms with E-state index < -0.39 is 23.3 Å². The van der Waals surface area contributed by atoms with Crippen molar-refractivity contribution in [2.75, 3.05) is 5.32 Å². The average Bonchev–Trinajstić information content (AvgIpc) is 2.91. The number of aromatic nitrogens is 2. The first-order valence-electron chi connectivity index (χ1n) is 6.33. The van der Waals surface area contributed by atoms with Crippen LogP contribution in [0.25, 0.3) is 10.9 Å². The number of aromatic carboxylic acids is 1. The van der Waals surface area contributed by atoms with Gasteiger partial charge in [0.25, 0.3) is 5.91 Å². The summed E-state index contributed by atoms with van der Waals surface area (Å²) in [5, 5.41) is 18.6. The summed E-state index contributed by atoms with van der Waals surface area (Å²) in [4.78, 5) is 22.9. The Morgan fingerprint density at radius 3 is 2.68 bits per heavy atom. The van der Waals surface area contributed by atoms with Gasteiger partial charge in [-0.2, -0.15) is 5.10 Å². The lowest BCUT2D eigenvalue weighted by Crippen LogP contribution is -2.13. The van der Waals surface area contributed by atoms with Crippen molar-refractivity contribution in [1.29, 1.82) is 0 Å². The van der Waals surface area contributed by atoms with Gasteiger partial charge in [-0.15, -0.1) is 0 Å². The van der Waals surface area contributed by atoms with Gasteiger partial charge in [-0.05, 0) is 24.3 Å². The van der Waals surface area contributed by atoms with Gasteiger partial charge in [0.1, 0.15) is 5.82 Å². The Morgan fingerprint density at radius 1 is 1.18 bits per heavy atom. The number of hydrogen-bond donors (Lipinski definition) is 3. The van der Waals surface area contributed by atoms with Crippen LogP contribution in [0.1, 0.15) is 20.8 Å². The number of carbonyl (C=O) groups excluding carboxylic acids is 1. The Kier molecular flexibility index (Phi) is 3.30. The Morgan fingerprint density at radius 2 is 1.95 bits per heavy atom. The highest BCUT2D eigenvalue weighted by Gasteiger charge is 2.16. The lowest BCUT2D eigenvalue weighted by Gasteiger charge is -2.05. The lowest BCUT2D eigenvalue weighted by atomic mass is 10.1. The minimum Gasteiger partial charge on any atom is -0.478 e. The number of carbonyl (C=O) groups is 2. The van der Waals surface area contributed by atoms with Gasteiger partial charge in [-0.1, -0.05) is 18.2 Å². The average molecular weight is 299 g/mol. The van der Waals surface area contributed by atoms with Crippen molar-refractivity contribution >= 4 is 28.5 Å². The Balaban J connectivity index is 1.88. The molecule has 3 rings (SSSR count). The molecule has 0 radical (unpaired) electrons. The molecule has 0 aliphatic carbocycles. The van der Waals surface area contributed by atoms with E-state index in [4.69, 9.17) is 5.11 Å². The maximum atomic E-state index is 13.6. The van der Waals surface area contributed by atoms with Crippen molar-refractivity contribution in [2.24, 2.45) is 0 Å². The fourth-order valence-electron chi connectivity index (χ4n) is 2.09. The molecule has 3 N–H and O–H groups in total. The molecule has 0 atom stereocenters. The van der Waals surface area contributed by atoms with E-state index in [1.807, 2.05) is 6.07 Å². The number of H-pyrrole nitrogens is 1. The topological polar surface area (TPSA) is 95.1 Å². The molecule has 110 valence electrons. The molecule has 22 heavy (non-hydrogen) atoms. The molecule has 2 aromatic carbocycles. The third kappa shape index (κ3) is 2.39. The van der Waals surface area contributed by atoms with Crippen molar-refractivity contribution in [1.82, 2.24) is 10.2 Å². The van der Waals surface area contributed by atoms with Gasteiger partial charge < -0.3 is 10.4 Å². The van der Waals surface area contributed by atoms with Gasteiger partial charge in [0, 0.05) is 11.1 Å². The van der Waals surface area contributed by atoms with E-state index >= 15 is 0 Å². The lowest BCUT2D eigenvalue weighted by molar-refractivity contribution is 0.0692. The van der Waals surface area contributed by atoms with E-state index in [1.165, 1.54) is 6.07 Å². The minimum absolute atomic E-state index is 0.152. The fourth-order valence-corrected chi connectivity index (χ4v) is 2.09. The summed E-state index contributed by atoms with van der Waals surface area (Å²) >= 11 is 0. The molecule has 0 aliphatic rings. The normalized spacial score (nSPS) is 10.6. The summed E-state index contributed by atoms with van der Waals surface area (Å²) in [6.45, 7) is 0. The first-order chi connectivity index (χ1) is 10.6. The van der Waals surface area contributed by atoms with E-state index in [1.54, 1.807) is 18.2 Å². The number of carboxylic acid groups (broad SMARTS) is 1. The number of fused-ring (bicyclic) bond motifs is 1. The van der Waals surface area contributed by atoms with Gasteiger partial charge in [0.05, 0.1) is 11.1 Å². The number of para-hydroxylation sites is 1. The molecule has 0 bridgehead atoms. The van der Waals surface area contributed by atoms with Gasteiger partial charge in [0.15, 0.2) is 5.69 Å². The highest BCUT2D eigenvalue weighted by atomic mass is 19.1. The van der Waals surface area contributed by atoms with Crippen LogP contribution in [0.4, 0.5) is 10.1 Å². The zero-order valence-corrected chi connectivity index (χ0v) is 11.1. The molecule has 0 saturated heterocycles. The van der Waals surface area contributed by atoms with Crippen molar-refractivity contribution < 1.29 is 19.1 Å².